The Morgan fingerprint density at radius 2 is 1.89 bits per heavy atom. The highest BCUT2D eigenvalue weighted by atomic mass is 32.2. The maximum atomic E-state index is 11.6. The minimum atomic E-state index is -1.10. The molecule has 110 valence electrons. The first-order valence-electron chi connectivity index (χ1n) is 6.06. The van der Waals surface area contributed by atoms with E-state index >= 15 is 0 Å². The lowest BCUT2D eigenvalue weighted by Crippen LogP contribution is -2.44. The fourth-order valence-corrected chi connectivity index (χ4v) is 2.03. The van der Waals surface area contributed by atoms with Gasteiger partial charge in [0.1, 0.15) is 6.04 Å². The first kappa shape index (κ1) is 17.8. The maximum Gasteiger partial charge on any atom is 0.327 e. The van der Waals surface area contributed by atoms with Crippen LogP contribution in [0.25, 0.3) is 0 Å². The van der Waals surface area contributed by atoms with Crippen LogP contribution in [0.3, 0.4) is 0 Å². The molecule has 1 atom stereocenters. The lowest BCUT2D eigenvalue weighted by atomic mass is 10.0. The molecule has 7 heteroatoms. The maximum absolute atomic E-state index is 11.6. The first-order valence-corrected chi connectivity index (χ1v) is 7.22. The van der Waals surface area contributed by atoms with Crippen molar-refractivity contribution in [3.63, 3.8) is 0 Å². The standard InChI is InChI=1S/C12H22N2O4S/c1-5-12(3,4)14-10(16)7-19-6-9(11(17)18)13-8(2)15/h9H,5-7H2,1-4H3,(H,13,15)(H,14,16)(H,17,18)/t9-/m0/s1. The number of nitrogens with one attached hydrogen (secondary N) is 2. The van der Waals surface area contributed by atoms with Gasteiger partial charge in [-0.25, -0.2) is 4.79 Å². The smallest absolute Gasteiger partial charge is 0.327 e. The van der Waals surface area contributed by atoms with Crippen molar-refractivity contribution in [2.75, 3.05) is 11.5 Å². The van der Waals surface area contributed by atoms with Gasteiger partial charge in [-0.2, -0.15) is 0 Å². The molecular formula is C12H22N2O4S. The monoisotopic (exact) mass is 290 g/mol. The van der Waals surface area contributed by atoms with Gasteiger partial charge >= 0.3 is 5.97 Å². The molecule has 19 heavy (non-hydrogen) atoms. The second-order valence-electron chi connectivity index (χ2n) is 4.89. The third-order valence-electron chi connectivity index (χ3n) is 2.55. The van der Waals surface area contributed by atoms with Gasteiger partial charge in [-0.3, -0.25) is 9.59 Å². The summed E-state index contributed by atoms with van der Waals surface area (Å²) in [5, 5.41) is 14.1. The molecule has 0 aromatic carbocycles. The van der Waals surface area contributed by atoms with Crippen LogP contribution in [0.4, 0.5) is 0 Å². The number of hydrogen-bond acceptors (Lipinski definition) is 4. The van der Waals surface area contributed by atoms with E-state index in [-0.39, 0.29) is 23.0 Å². The summed E-state index contributed by atoms with van der Waals surface area (Å²) in [6.45, 7) is 7.08. The lowest BCUT2D eigenvalue weighted by Gasteiger charge is -2.24. The second-order valence-corrected chi connectivity index (χ2v) is 5.92. The van der Waals surface area contributed by atoms with E-state index in [1.807, 2.05) is 20.8 Å². The van der Waals surface area contributed by atoms with Crippen molar-refractivity contribution in [1.29, 1.82) is 0 Å². The third kappa shape index (κ3) is 8.47. The van der Waals surface area contributed by atoms with Crippen molar-refractivity contribution >= 4 is 29.5 Å². The summed E-state index contributed by atoms with van der Waals surface area (Å²) >= 11 is 1.18. The van der Waals surface area contributed by atoms with Gasteiger partial charge in [-0.05, 0) is 20.3 Å². The van der Waals surface area contributed by atoms with Crippen molar-refractivity contribution in [3.05, 3.63) is 0 Å². The van der Waals surface area contributed by atoms with Crippen molar-refractivity contribution in [2.24, 2.45) is 0 Å². The zero-order valence-electron chi connectivity index (χ0n) is 11.8. The zero-order valence-corrected chi connectivity index (χ0v) is 12.6. The fraction of sp³-hybridized carbons (Fsp3) is 0.750. The summed E-state index contributed by atoms with van der Waals surface area (Å²) in [4.78, 5) is 33.3. The molecule has 0 spiro atoms. The summed E-state index contributed by atoms with van der Waals surface area (Å²) in [6, 6.07) is -0.963. The Labute approximate surface area is 117 Å². The number of carbonyl (C=O) groups excluding carboxylic acids is 2. The molecular weight excluding hydrogens is 268 g/mol. The van der Waals surface area contributed by atoms with Crippen molar-refractivity contribution < 1.29 is 19.5 Å². The van der Waals surface area contributed by atoms with Gasteiger partial charge in [0.25, 0.3) is 0 Å². The summed E-state index contributed by atoms with van der Waals surface area (Å²) < 4.78 is 0. The van der Waals surface area contributed by atoms with Crippen LogP contribution in [-0.4, -0.2) is 46.0 Å². The Hall–Kier alpha value is -1.24. The highest BCUT2D eigenvalue weighted by Gasteiger charge is 2.20. The highest BCUT2D eigenvalue weighted by molar-refractivity contribution is 8.00. The molecule has 0 rings (SSSR count). The molecule has 2 amide bonds. The van der Waals surface area contributed by atoms with E-state index in [4.69, 9.17) is 5.11 Å². The van der Waals surface area contributed by atoms with Crippen molar-refractivity contribution in [3.8, 4) is 0 Å². The van der Waals surface area contributed by atoms with E-state index in [0.29, 0.717) is 0 Å². The van der Waals surface area contributed by atoms with Crippen LogP contribution in [0.2, 0.25) is 0 Å². The normalized spacial score (nSPS) is 12.6. The van der Waals surface area contributed by atoms with Crippen LogP contribution >= 0.6 is 11.8 Å². The average molecular weight is 290 g/mol. The Balaban J connectivity index is 4.09. The molecule has 3 N–H and O–H groups in total. The van der Waals surface area contributed by atoms with Gasteiger partial charge in [-0.15, -0.1) is 11.8 Å². The average Bonchev–Trinajstić information content (AvgIpc) is 2.26. The van der Waals surface area contributed by atoms with E-state index < -0.39 is 17.9 Å². The van der Waals surface area contributed by atoms with Crippen molar-refractivity contribution in [1.82, 2.24) is 10.6 Å². The molecule has 0 aromatic rings. The summed E-state index contributed by atoms with van der Waals surface area (Å²) in [7, 11) is 0. The highest BCUT2D eigenvalue weighted by Crippen LogP contribution is 2.09. The van der Waals surface area contributed by atoms with Gasteiger partial charge < -0.3 is 15.7 Å². The van der Waals surface area contributed by atoms with Crippen LogP contribution < -0.4 is 10.6 Å². The van der Waals surface area contributed by atoms with Crippen LogP contribution in [-0.2, 0) is 14.4 Å². The Kier molecular flexibility index (Phi) is 7.51. The zero-order chi connectivity index (χ0) is 15.1. The molecule has 0 bridgehead atoms. The number of carboxylic acid groups (broad SMARTS) is 1. The predicted molar refractivity (Wildman–Crippen MR) is 75.1 cm³/mol. The number of carbonyl (C=O) groups is 3. The molecule has 0 saturated heterocycles. The second kappa shape index (κ2) is 8.04. The van der Waals surface area contributed by atoms with E-state index in [0.717, 1.165) is 6.42 Å². The molecule has 0 aliphatic carbocycles. The molecule has 0 saturated carbocycles. The van der Waals surface area contributed by atoms with Gasteiger partial charge in [0.2, 0.25) is 11.8 Å². The minimum Gasteiger partial charge on any atom is -0.480 e. The molecule has 0 aromatic heterocycles. The summed E-state index contributed by atoms with van der Waals surface area (Å²) in [6.07, 6.45) is 0.813. The van der Waals surface area contributed by atoms with Gasteiger partial charge in [0.15, 0.2) is 0 Å². The van der Waals surface area contributed by atoms with Crippen LogP contribution in [0.5, 0.6) is 0 Å². The molecule has 0 aliphatic rings. The van der Waals surface area contributed by atoms with Gasteiger partial charge in [-0.1, -0.05) is 6.92 Å². The molecule has 0 fully saturated rings. The SMILES string of the molecule is CCC(C)(C)NC(=O)CSC[C@H](NC(C)=O)C(=O)O. The Bertz CT molecular complexity index is 345. The Morgan fingerprint density at radius 3 is 2.32 bits per heavy atom. The van der Waals surface area contributed by atoms with Gasteiger partial charge in [0.05, 0.1) is 5.75 Å². The molecule has 0 heterocycles. The Morgan fingerprint density at radius 1 is 1.32 bits per heavy atom. The molecule has 0 aliphatic heterocycles. The minimum absolute atomic E-state index is 0.135. The molecule has 0 radical (unpaired) electrons. The third-order valence-corrected chi connectivity index (χ3v) is 3.59. The number of thioether (sulfide) groups is 1. The lowest BCUT2D eigenvalue weighted by molar-refractivity contribution is -0.140. The number of amides is 2. The van der Waals surface area contributed by atoms with E-state index in [2.05, 4.69) is 10.6 Å². The topological polar surface area (TPSA) is 95.5 Å². The number of carboxylic acids is 1. The summed E-state index contributed by atoms with van der Waals surface area (Å²) in [5.74, 6) is -1.30. The molecule has 6 nitrogen and oxygen atoms in total. The van der Waals surface area contributed by atoms with Gasteiger partial charge in [0, 0.05) is 18.2 Å². The van der Waals surface area contributed by atoms with Crippen LogP contribution in [0.1, 0.15) is 34.1 Å². The number of aliphatic carboxylic acids is 1. The van der Waals surface area contributed by atoms with Crippen LogP contribution in [0.15, 0.2) is 0 Å². The number of rotatable bonds is 8. The molecule has 0 unspecified atom stereocenters. The van der Waals surface area contributed by atoms with Crippen molar-refractivity contribution in [2.45, 2.75) is 45.7 Å². The van der Waals surface area contributed by atoms with Crippen LogP contribution in [0, 0.1) is 0 Å². The van der Waals surface area contributed by atoms with E-state index in [9.17, 15) is 14.4 Å². The van der Waals surface area contributed by atoms with E-state index in [1.165, 1.54) is 18.7 Å². The fourth-order valence-electron chi connectivity index (χ4n) is 1.19. The quantitative estimate of drug-likeness (QED) is 0.609. The first-order chi connectivity index (χ1) is 8.68. The summed E-state index contributed by atoms with van der Waals surface area (Å²) in [5.41, 5.74) is -0.262. The largest absolute Gasteiger partial charge is 0.480 e. The van der Waals surface area contributed by atoms with E-state index in [1.54, 1.807) is 0 Å². The number of hydrogen-bond donors (Lipinski definition) is 3. The predicted octanol–water partition coefficient (Wildman–Crippen LogP) is 0.614.